The van der Waals surface area contributed by atoms with Crippen LogP contribution in [0.4, 0.5) is 30.5 Å². The third-order valence-electron chi connectivity index (χ3n) is 4.04. The molecule has 0 saturated carbocycles. The van der Waals surface area contributed by atoms with Crippen molar-refractivity contribution in [1.29, 1.82) is 0 Å². The quantitative estimate of drug-likeness (QED) is 0.751. The van der Waals surface area contributed by atoms with Crippen molar-refractivity contribution >= 4 is 23.0 Å². The first-order valence-electron chi connectivity index (χ1n) is 8.28. The van der Waals surface area contributed by atoms with Crippen LogP contribution in [0.5, 0.6) is 5.75 Å². The molecule has 0 spiro atoms. The first-order valence-corrected chi connectivity index (χ1v) is 8.28. The molecule has 4 rings (SSSR count). The van der Waals surface area contributed by atoms with Gasteiger partial charge < -0.3 is 19.7 Å². The Bertz CT molecular complexity index is 920. The number of hydrogen-bond acceptors (Lipinski definition) is 6. The summed E-state index contributed by atoms with van der Waals surface area (Å²) >= 11 is 0. The molecule has 1 aromatic carbocycles. The fourth-order valence-electron chi connectivity index (χ4n) is 2.80. The molecule has 0 bridgehead atoms. The lowest BCUT2D eigenvalue weighted by Gasteiger charge is -2.27. The van der Waals surface area contributed by atoms with Crippen molar-refractivity contribution in [3.8, 4) is 5.75 Å². The summed E-state index contributed by atoms with van der Waals surface area (Å²) in [6.45, 7) is 2.83. The van der Waals surface area contributed by atoms with Gasteiger partial charge >= 0.3 is 6.36 Å². The molecule has 3 heterocycles. The molecule has 0 unspecified atom stereocenters. The van der Waals surface area contributed by atoms with E-state index in [1.54, 1.807) is 10.7 Å². The number of rotatable bonds is 4. The Morgan fingerprint density at radius 1 is 1.04 bits per heavy atom. The van der Waals surface area contributed by atoms with Crippen LogP contribution in [0, 0.1) is 0 Å². The molecule has 10 heteroatoms. The number of alkyl halides is 3. The number of aromatic nitrogens is 3. The van der Waals surface area contributed by atoms with E-state index >= 15 is 0 Å². The number of anilines is 3. The molecule has 27 heavy (non-hydrogen) atoms. The second-order valence-corrected chi connectivity index (χ2v) is 5.90. The summed E-state index contributed by atoms with van der Waals surface area (Å²) in [5, 5.41) is 7.71. The zero-order valence-electron chi connectivity index (χ0n) is 14.1. The highest BCUT2D eigenvalue weighted by atomic mass is 19.4. The highest BCUT2D eigenvalue weighted by molar-refractivity contribution is 5.61. The van der Waals surface area contributed by atoms with E-state index in [1.165, 1.54) is 24.3 Å². The molecule has 7 nitrogen and oxygen atoms in total. The van der Waals surface area contributed by atoms with Crippen LogP contribution in [-0.2, 0) is 4.74 Å². The second-order valence-electron chi connectivity index (χ2n) is 5.90. The second kappa shape index (κ2) is 6.95. The average Bonchev–Trinajstić information content (AvgIpc) is 3.05. The molecule has 2 aromatic heterocycles. The van der Waals surface area contributed by atoms with Gasteiger partial charge in [-0.2, -0.15) is 4.52 Å². The van der Waals surface area contributed by atoms with Gasteiger partial charge in [0.1, 0.15) is 11.6 Å². The number of ether oxygens (including phenoxy) is 2. The van der Waals surface area contributed by atoms with Gasteiger partial charge in [0, 0.05) is 18.8 Å². The van der Waals surface area contributed by atoms with Gasteiger partial charge in [-0.1, -0.05) is 0 Å². The van der Waals surface area contributed by atoms with Crippen molar-refractivity contribution in [2.45, 2.75) is 6.36 Å². The lowest BCUT2D eigenvalue weighted by molar-refractivity contribution is -0.274. The maximum Gasteiger partial charge on any atom is 0.573 e. The molecular formula is C17H16F3N5O2. The number of benzene rings is 1. The van der Waals surface area contributed by atoms with Gasteiger partial charge in [0.2, 0.25) is 0 Å². The molecule has 0 amide bonds. The summed E-state index contributed by atoms with van der Waals surface area (Å²) in [7, 11) is 0. The van der Waals surface area contributed by atoms with E-state index < -0.39 is 6.36 Å². The van der Waals surface area contributed by atoms with Crippen molar-refractivity contribution in [1.82, 2.24) is 14.6 Å². The minimum atomic E-state index is -4.71. The van der Waals surface area contributed by atoms with E-state index in [-0.39, 0.29) is 5.75 Å². The van der Waals surface area contributed by atoms with Crippen LogP contribution < -0.4 is 15.0 Å². The van der Waals surface area contributed by atoms with Crippen LogP contribution >= 0.6 is 0 Å². The number of imidazole rings is 1. The fourth-order valence-corrected chi connectivity index (χ4v) is 2.80. The number of morpholine rings is 1. The Morgan fingerprint density at radius 3 is 2.48 bits per heavy atom. The summed E-state index contributed by atoms with van der Waals surface area (Å²) in [5.74, 6) is 1.13. The van der Waals surface area contributed by atoms with Crippen molar-refractivity contribution < 1.29 is 22.6 Å². The number of halogens is 3. The van der Waals surface area contributed by atoms with Crippen LogP contribution in [0.1, 0.15) is 0 Å². The number of nitrogens with one attached hydrogen (secondary N) is 1. The summed E-state index contributed by atoms with van der Waals surface area (Å²) in [6.07, 6.45) is -3.10. The van der Waals surface area contributed by atoms with Gasteiger partial charge in [0.15, 0.2) is 11.5 Å². The lowest BCUT2D eigenvalue weighted by Crippen LogP contribution is -2.37. The van der Waals surface area contributed by atoms with E-state index in [4.69, 9.17) is 4.74 Å². The standard InChI is InChI=1S/C17H16F3N5O2/c18-17(19,20)27-13-3-1-12(2-4-13)22-16-11-21-14-5-6-15(23-25(14)16)24-7-9-26-10-8-24/h1-6,11,22H,7-10H2. The van der Waals surface area contributed by atoms with E-state index in [0.29, 0.717) is 30.4 Å². The van der Waals surface area contributed by atoms with Gasteiger partial charge in [0.05, 0.1) is 19.4 Å². The van der Waals surface area contributed by atoms with Gasteiger partial charge in [-0.05, 0) is 36.4 Å². The molecule has 1 saturated heterocycles. The van der Waals surface area contributed by atoms with Crippen LogP contribution in [0.15, 0.2) is 42.6 Å². The summed E-state index contributed by atoms with van der Waals surface area (Å²) in [4.78, 5) is 6.41. The number of hydrogen-bond donors (Lipinski definition) is 1. The predicted octanol–water partition coefficient (Wildman–Crippen LogP) is 3.21. The summed E-state index contributed by atoms with van der Waals surface area (Å²) in [6, 6.07) is 9.24. The summed E-state index contributed by atoms with van der Waals surface area (Å²) < 4.78 is 47.6. The lowest BCUT2D eigenvalue weighted by atomic mass is 10.3. The van der Waals surface area contributed by atoms with Crippen LogP contribution in [0.3, 0.4) is 0 Å². The molecule has 1 aliphatic rings. The Hall–Kier alpha value is -3.01. The van der Waals surface area contributed by atoms with E-state index in [2.05, 4.69) is 25.0 Å². The Labute approximate surface area is 152 Å². The summed E-state index contributed by atoms with van der Waals surface area (Å²) in [5.41, 5.74) is 1.25. The van der Waals surface area contributed by atoms with Gasteiger partial charge in [-0.3, -0.25) is 0 Å². The van der Waals surface area contributed by atoms with Crippen LogP contribution in [-0.4, -0.2) is 47.3 Å². The molecule has 0 atom stereocenters. The van der Waals surface area contributed by atoms with Gasteiger partial charge in [-0.15, -0.1) is 18.3 Å². The first-order chi connectivity index (χ1) is 13.0. The monoisotopic (exact) mass is 379 g/mol. The topological polar surface area (TPSA) is 63.9 Å². The SMILES string of the molecule is FC(F)(F)Oc1ccc(Nc2cnc3ccc(N4CCOCC4)nn23)cc1. The Kier molecular flexibility index (Phi) is 4.48. The Balaban J connectivity index is 1.54. The minimum Gasteiger partial charge on any atom is -0.406 e. The molecule has 0 aliphatic carbocycles. The van der Waals surface area contributed by atoms with Crippen molar-refractivity contribution in [2.24, 2.45) is 0 Å². The fraction of sp³-hybridized carbons (Fsp3) is 0.294. The van der Waals surface area contributed by atoms with Crippen LogP contribution in [0.2, 0.25) is 0 Å². The van der Waals surface area contributed by atoms with Crippen molar-refractivity contribution in [3.63, 3.8) is 0 Å². The maximum absolute atomic E-state index is 12.2. The highest BCUT2D eigenvalue weighted by Crippen LogP contribution is 2.26. The van der Waals surface area contributed by atoms with E-state index in [9.17, 15) is 13.2 Å². The van der Waals surface area contributed by atoms with E-state index in [1.807, 2.05) is 12.1 Å². The Morgan fingerprint density at radius 2 is 1.78 bits per heavy atom. The van der Waals surface area contributed by atoms with E-state index in [0.717, 1.165) is 18.9 Å². The van der Waals surface area contributed by atoms with Crippen molar-refractivity contribution in [2.75, 3.05) is 36.5 Å². The number of fused-ring (bicyclic) bond motifs is 1. The highest BCUT2D eigenvalue weighted by Gasteiger charge is 2.30. The average molecular weight is 379 g/mol. The third kappa shape index (κ3) is 4.05. The van der Waals surface area contributed by atoms with Crippen LogP contribution in [0.25, 0.3) is 5.65 Å². The third-order valence-corrected chi connectivity index (χ3v) is 4.04. The maximum atomic E-state index is 12.2. The smallest absolute Gasteiger partial charge is 0.406 e. The number of nitrogens with zero attached hydrogens (tertiary/aromatic N) is 4. The van der Waals surface area contributed by atoms with Crippen molar-refractivity contribution in [3.05, 3.63) is 42.6 Å². The zero-order chi connectivity index (χ0) is 18.9. The minimum absolute atomic E-state index is 0.279. The molecule has 3 aromatic rings. The molecular weight excluding hydrogens is 363 g/mol. The largest absolute Gasteiger partial charge is 0.573 e. The van der Waals surface area contributed by atoms with Gasteiger partial charge in [-0.25, -0.2) is 4.98 Å². The first kappa shape index (κ1) is 17.4. The predicted molar refractivity (Wildman–Crippen MR) is 92.4 cm³/mol. The molecule has 1 aliphatic heterocycles. The zero-order valence-corrected chi connectivity index (χ0v) is 14.1. The van der Waals surface area contributed by atoms with Gasteiger partial charge in [0.25, 0.3) is 0 Å². The molecule has 1 N–H and O–H groups in total. The normalized spacial score (nSPS) is 15.1. The molecule has 1 fully saturated rings. The molecule has 0 radical (unpaired) electrons. The molecule has 142 valence electrons.